The molecule has 2 bridgehead atoms. The number of nitrogens with one attached hydrogen (secondary N) is 1. The number of nitrogens with zero attached hydrogens (tertiary/aromatic N) is 4. The van der Waals surface area contributed by atoms with Gasteiger partial charge in [-0.2, -0.15) is 9.97 Å². The number of benzene rings is 2. The van der Waals surface area contributed by atoms with Crippen LogP contribution in [0.15, 0.2) is 12.1 Å². The summed E-state index contributed by atoms with van der Waals surface area (Å²) in [5.74, 6) is 0.296. The Kier molecular flexibility index (Phi) is 6.23. The first-order valence-electron chi connectivity index (χ1n) is 15.7. The molecule has 1 aromatic heterocycles. The molecule has 9 rings (SSSR count). The van der Waals surface area contributed by atoms with E-state index in [1.54, 1.807) is 0 Å². The molecule has 12 heteroatoms. The Labute approximate surface area is 263 Å². The molecule has 6 heterocycles. The summed E-state index contributed by atoms with van der Waals surface area (Å²) in [6.45, 7) is 2.50. The Morgan fingerprint density at radius 2 is 2.02 bits per heavy atom. The first-order valence-corrected chi connectivity index (χ1v) is 16.5. The maximum absolute atomic E-state index is 17.1. The number of hydrogen-bond donors (Lipinski definition) is 2. The van der Waals surface area contributed by atoms with E-state index in [4.69, 9.17) is 37.7 Å². The van der Waals surface area contributed by atoms with Crippen molar-refractivity contribution < 1.29 is 23.4 Å². The third-order valence-electron chi connectivity index (χ3n) is 10.8. The van der Waals surface area contributed by atoms with Crippen LogP contribution >= 0.6 is 23.2 Å². The highest BCUT2D eigenvalue weighted by Gasteiger charge is 2.50. The molecule has 3 unspecified atom stereocenters. The fraction of sp³-hybridized carbons (Fsp3) is 0.562. The van der Waals surface area contributed by atoms with E-state index in [0.29, 0.717) is 53.7 Å². The minimum absolute atomic E-state index is 0.0436. The molecule has 6 aliphatic rings. The van der Waals surface area contributed by atoms with Crippen molar-refractivity contribution in [3.05, 3.63) is 33.6 Å². The molecule has 5 aliphatic heterocycles. The zero-order valence-electron chi connectivity index (χ0n) is 24.1. The molecule has 2 aromatic carbocycles. The van der Waals surface area contributed by atoms with Gasteiger partial charge in [0.1, 0.15) is 36.5 Å². The SMILES string of the molecule is Oc1cc(Cl)c(C2CC2)c(-c2c(Cl)c3c4c(nc(OC[C@@]56CCCN5C[C@H](F)C6)nc4c2F)N2CC4CCC(N4)C2CO3)c1. The summed E-state index contributed by atoms with van der Waals surface area (Å²) in [5.41, 5.74) is 0.936. The molecule has 0 spiro atoms. The predicted molar refractivity (Wildman–Crippen MR) is 164 cm³/mol. The second-order valence-corrected chi connectivity index (χ2v) is 14.3. The van der Waals surface area contributed by atoms with Gasteiger partial charge in [0.15, 0.2) is 11.6 Å². The van der Waals surface area contributed by atoms with E-state index in [2.05, 4.69) is 20.1 Å². The van der Waals surface area contributed by atoms with Crippen molar-refractivity contribution in [1.29, 1.82) is 0 Å². The lowest BCUT2D eigenvalue weighted by Crippen LogP contribution is -2.60. The molecule has 8 nitrogen and oxygen atoms in total. The van der Waals surface area contributed by atoms with Gasteiger partial charge in [0.2, 0.25) is 0 Å². The number of fused-ring (bicyclic) bond motifs is 6. The Balaban J connectivity index is 1.24. The summed E-state index contributed by atoms with van der Waals surface area (Å²) in [6.07, 6.45) is 5.22. The Bertz CT molecular complexity index is 1710. The van der Waals surface area contributed by atoms with E-state index in [1.165, 1.54) is 12.1 Å². The summed E-state index contributed by atoms with van der Waals surface area (Å²) in [6, 6.07) is 3.49. The van der Waals surface area contributed by atoms with Crippen molar-refractivity contribution >= 4 is 39.9 Å². The number of ether oxygens (including phenoxy) is 2. The first kappa shape index (κ1) is 27.6. The zero-order chi connectivity index (χ0) is 29.9. The van der Waals surface area contributed by atoms with Crippen LogP contribution in [0.2, 0.25) is 10.0 Å². The average molecular weight is 645 g/mol. The second-order valence-electron chi connectivity index (χ2n) is 13.5. The number of aromatic nitrogens is 2. The average Bonchev–Trinajstić information content (AvgIpc) is 3.57. The second kappa shape index (κ2) is 9.92. The van der Waals surface area contributed by atoms with Gasteiger partial charge >= 0.3 is 6.01 Å². The van der Waals surface area contributed by atoms with Crippen molar-refractivity contribution in [2.75, 3.05) is 37.7 Å². The van der Waals surface area contributed by atoms with E-state index < -0.39 is 17.5 Å². The summed E-state index contributed by atoms with van der Waals surface area (Å²) in [7, 11) is 0. The van der Waals surface area contributed by atoms with E-state index >= 15 is 4.39 Å². The van der Waals surface area contributed by atoms with E-state index in [0.717, 1.165) is 50.6 Å². The van der Waals surface area contributed by atoms with Gasteiger partial charge in [0, 0.05) is 42.2 Å². The lowest BCUT2D eigenvalue weighted by molar-refractivity contribution is 0.107. The van der Waals surface area contributed by atoms with Crippen LogP contribution in [0.4, 0.5) is 14.6 Å². The lowest BCUT2D eigenvalue weighted by Gasteiger charge is -2.40. The number of piperazine rings is 1. The van der Waals surface area contributed by atoms with Crippen LogP contribution in [0, 0.1) is 5.82 Å². The summed E-state index contributed by atoms with van der Waals surface area (Å²) in [5, 5.41) is 15.1. The van der Waals surface area contributed by atoms with Crippen LogP contribution in [0.1, 0.15) is 56.4 Å². The van der Waals surface area contributed by atoms with Crippen LogP contribution in [-0.2, 0) is 0 Å². The number of alkyl halides is 1. The summed E-state index contributed by atoms with van der Waals surface area (Å²) >= 11 is 13.7. The number of phenols is 1. The van der Waals surface area contributed by atoms with Crippen LogP contribution in [0.3, 0.4) is 0 Å². The number of hydrogen-bond acceptors (Lipinski definition) is 8. The maximum atomic E-state index is 17.1. The molecule has 0 radical (unpaired) electrons. The molecule has 1 aliphatic carbocycles. The number of aromatic hydroxyl groups is 1. The van der Waals surface area contributed by atoms with E-state index in [9.17, 15) is 9.50 Å². The third kappa shape index (κ3) is 4.13. The quantitative estimate of drug-likeness (QED) is 0.351. The fourth-order valence-electron chi connectivity index (χ4n) is 8.63. The standard InChI is InChI=1S/C32H33Cl2F2N5O3/c33-20-9-18(42)8-19(23(20)15-2-3-15)24-26(34)29-25-28(27(24)36)38-31(44-14-32-6-1-7-40(32)11-16(35)10-32)39-30(25)41-12-17-4-5-21(37-17)22(41)13-43-29/h8-9,15-17,21-22,37,42H,1-7,10-14H2/t16-,17?,21?,22?,32+/m1/s1. The van der Waals surface area contributed by atoms with E-state index in [-0.39, 0.29) is 58.5 Å². The summed E-state index contributed by atoms with van der Waals surface area (Å²) < 4.78 is 44.4. The molecule has 232 valence electrons. The monoisotopic (exact) mass is 643 g/mol. The molecule has 5 fully saturated rings. The van der Waals surface area contributed by atoms with Gasteiger partial charge in [-0.05, 0) is 74.2 Å². The number of anilines is 1. The van der Waals surface area contributed by atoms with Gasteiger partial charge in [-0.1, -0.05) is 23.2 Å². The van der Waals surface area contributed by atoms with Crippen molar-refractivity contribution in [3.8, 4) is 28.6 Å². The molecule has 1 saturated carbocycles. The van der Waals surface area contributed by atoms with Crippen molar-refractivity contribution in [3.63, 3.8) is 0 Å². The lowest BCUT2D eigenvalue weighted by atomic mass is 9.94. The van der Waals surface area contributed by atoms with Crippen molar-refractivity contribution in [2.45, 2.75) is 80.7 Å². The van der Waals surface area contributed by atoms with Crippen LogP contribution < -0.4 is 19.7 Å². The molecule has 4 saturated heterocycles. The maximum Gasteiger partial charge on any atom is 0.319 e. The Hall–Kier alpha value is -2.66. The van der Waals surface area contributed by atoms with Gasteiger partial charge in [-0.25, -0.2) is 8.78 Å². The third-order valence-corrected chi connectivity index (χ3v) is 11.4. The van der Waals surface area contributed by atoms with Crippen LogP contribution in [0.25, 0.3) is 22.0 Å². The number of rotatable bonds is 5. The minimum atomic E-state index is -0.894. The first-order chi connectivity index (χ1) is 21.3. The highest BCUT2D eigenvalue weighted by molar-refractivity contribution is 6.37. The zero-order valence-corrected chi connectivity index (χ0v) is 25.6. The Morgan fingerprint density at radius 3 is 2.86 bits per heavy atom. The smallest absolute Gasteiger partial charge is 0.319 e. The van der Waals surface area contributed by atoms with Crippen molar-refractivity contribution in [1.82, 2.24) is 20.2 Å². The molecule has 0 amide bonds. The highest BCUT2D eigenvalue weighted by atomic mass is 35.5. The minimum Gasteiger partial charge on any atom is -0.508 e. The van der Waals surface area contributed by atoms with Gasteiger partial charge in [0.05, 0.1) is 22.0 Å². The molecule has 3 aromatic rings. The van der Waals surface area contributed by atoms with Crippen molar-refractivity contribution in [2.24, 2.45) is 0 Å². The largest absolute Gasteiger partial charge is 0.508 e. The Morgan fingerprint density at radius 1 is 1.16 bits per heavy atom. The molecule has 5 atom stereocenters. The van der Waals surface area contributed by atoms with Gasteiger partial charge in [0.25, 0.3) is 0 Å². The highest BCUT2D eigenvalue weighted by Crippen LogP contribution is 2.54. The predicted octanol–water partition coefficient (Wildman–Crippen LogP) is 5.98. The normalized spacial score (nSPS) is 30.8. The molecular weight excluding hydrogens is 611 g/mol. The molecule has 2 N–H and O–H groups in total. The van der Waals surface area contributed by atoms with Gasteiger partial charge < -0.3 is 24.8 Å². The number of halogens is 4. The van der Waals surface area contributed by atoms with Crippen LogP contribution in [-0.4, -0.2) is 82.7 Å². The van der Waals surface area contributed by atoms with Gasteiger partial charge in [-0.15, -0.1) is 0 Å². The summed E-state index contributed by atoms with van der Waals surface area (Å²) in [4.78, 5) is 14.0. The number of phenolic OH excluding ortho intramolecular Hbond substituents is 1. The molecular formula is C32H33Cl2F2N5O3. The topological polar surface area (TPSA) is 83.0 Å². The van der Waals surface area contributed by atoms with Gasteiger partial charge in [-0.3, -0.25) is 4.90 Å². The fourth-order valence-corrected chi connectivity index (χ4v) is 9.33. The molecule has 44 heavy (non-hydrogen) atoms. The van der Waals surface area contributed by atoms with E-state index in [1.807, 2.05) is 0 Å². The van der Waals surface area contributed by atoms with Crippen LogP contribution in [0.5, 0.6) is 17.5 Å².